The van der Waals surface area contributed by atoms with Crippen LogP contribution in [0, 0.1) is 0 Å². The van der Waals surface area contributed by atoms with Crippen LogP contribution in [0.1, 0.15) is 31.7 Å². The number of methoxy groups -OCH3 is 2. The van der Waals surface area contributed by atoms with E-state index in [1.165, 1.54) is 0 Å². The number of alkyl halides is 1. The van der Waals surface area contributed by atoms with Crippen LogP contribution in [0.3, 0.4) is 0 Å². The largest absolute Gasteiger partial charge is 0.497 e. The van der Waals surface area contributed by atoms with Crippen LogP contribution in [0.2, 0.25) is 0 Å². The Morgan fingerprint density at radius 1 is 1.18 bits per heavy atom. The molecule has 0 saturated carbocycles. The van der Waals surface area contributed by atoms with E-state index in [4.69, 9.17) is 9.47 Å². The highest BCUT2D eigenvalue weighted by Crippen LogP contribution is 2.37. The summed E-state index contributed by atoms with van der Waals surface area (Å²) in [6.45, 7) is 3.69. The van der Waals surface area contributed by atoms with Gasteiger partial charge in [0.15, 0.2) is 0 Å². The molecule has 0 amide bonds. The third kappa shape index (κ3) is 3.90. The second kappa shape index (κ2) is 7.29. The fourth-order valence-corrected chi connectivity index (χ4v) is 2.88. The molecule has 0 spiro atoms. The van der Waals surface area contributed by atoms with E-state index in [-0.39, 0.29) is 0 Å². The highest BCUT2D eigenvalue weighted by molar-refractivity contribution is 5.41. The number of benzene rings is 1. The number of aliphatic hydroxyl groups is 1. The molecule has 0 aromatic heterocycles. The molecule has 1 atom stereocenters. The molecule has 1 aromatic carbocycles. The van der Waals surface area contributed by atoms with E-state index in [0.717, 1.165) is 5.56 Å². The van der Waals surface area contributed by atoms with Gasteiger partial charge in [-0.05, 0) is 37.0 Å². The van der Waals surface area contributed by atoms with Gasteiger partial charge >= 0.3 is 0 Å². The van der Waals surface area contributed by atoms with E-state index in [1.807, 2.05) is 19.1 Å². The minimum Gasteiger partial charge on any atom is -0.497 e. The summed E-state index contributed by atoms with van der Waals surface area (Å²) in [5.41, 5.74) is -0.105. The lowest BCUT2D eigenvalue weighted by Crippen LogP contribution is -2.44. The van der Waals surface area contributed by atoms with Crippen molar-refractivity contribution in [3.8, 4) is 11.5 Å². The highest BCUT2D eigenvalue weighted by Gasteiger charge is 2.35. The van der Waals surface area contributed by atoms with Crippen LogP contribution in [0.25, 0.3) is 0 Å². The van der Waals surface area contributed by atoms with Crippen molar-refractivity contribution in [1.82, 2.24) is 4.90 Å². The second-order valence-corrected chi connectivity index (χ2v) is 5.94. The minimum atomic E-state index is -0.906. The summed E-state index contributed by atoms with van der Waals surface area (Å²) in [4.78, 5) is 2.08. The number of likely N-dealkylation sites (tertiary alicyclic amines) is 1. The zero-order valence-electron chi connectivity index (χ0n) is 13.6. The summed E-state index contributed by atoms with van der Waals surface area (Å²) in [6.07, 6.45) is 0.913. The van der Waals surface area contributed by atoms with Crippen molar-refractivity contribution >= 4 is 0 Å². The van der Waals surface area contributed by atoms with E-state index in [2.05, 4.69) is 4.90 Å². The van der Waals surface area contributed by atoms with Gasteiger partial charge in [0.25, 0.3) is 0 Å². The van der Waals surface area contributed by atoms with E-state index < -0.39 is 11.8 Å². The number of hydrogen-bond acceptors (Lipinski definition) is 4. The molecule has 22 heavy (non-hydrogen) atoms. The van der Waals surface area contributed by atoms with E-state index in [0.29, 0.717) is 50.4 Å². The summed E-state index contributed by atoms with van der Waals surface area (Å²) >= 11 is 0. The van der Waals surface area contributed by atoms with Gasteiger partial charge in [0.1, 0.15) is 17.7 Å². The molecule has 1 fully saturated rings. The number of piperidine rings is 1. The van der Waals surface area contributed by atoms with Gasteiger partial charge in [-0.1, -0.05) is 6.92 Å². The van der Waals surface area contributed by atoms with E-state index >= 15 is 0 Å². The third-order valence-corrected chi connectivity index (χ3v) is 4.47. The van der Waals surface area contributed by atoms with Gasteiger partial charge < -0.3 is 19.5 Å². The molecule has 1 saturated heterocycles. The quantitative estimate of drug-likeness (QED) is 0.877. The smallest absolute Gasteiger partial charge is 0.122 e. The maximum atomic E-state index is 13.5. The Kier molecular flexibility index (Phi) is 5.64. The Balaban J connectivity index is 2.09. The van der Waals surface area contributed by atoms with Crippen molar-refractivity contribution in [2.45, 2.75) is 38.0 Å². The predicted octanol–water partition coefficient (Wildman–Crippen LogP) is 2.74. The van der Waals surface area contributed by atoms with Crippen molar-refractivity contribution in [2.24, 2.45) is 0 Å². The van der Waals surface area contributed by atoms with Crippen LogP contribution in [-0.4, -0.2) is 50.0 Å². The zero-order chi connectivity index (χ0) is 16.2. The first-order chi connectivity index (χ1) is 10.5. The summed E-state index contributed by atoms with van der Waals surface area (Å²) in [5.74, 6) is 1.33. The van der Waals surface area contributed by atoms with Crippen LogP contribution in [0.4, 0.5) is 4.39 Å². The Bertz CT molecular complexity index is 465. The number of nitrogens with zero attached hydrogens (tertiary/aromatic N) is 1. The van der Waals surface area contributed by atoms with Crippen LogP contribution in [0.15, 0.2) is 18.2 Å². The molecule has 124 valence electrons. The fourth-order valence-electron chi connectivity index (χ4n) is 2.88. The van der Waals surface area contributed by atoms with Gasteiger partial charge in [-0.3, -0.25) is 0 Å². The van der Waals surface area contributed by atoms with Crippen molar-refractivity contribution in [1.29, 1.82) is 0 Å². The molecule has 1 N–H and O–H groups in total. The van der Waals surface area contributed by atoms with Crippen molar-refractivity contribution < 1.29 is 19.0 Å². The first-order valence-electron chi connectivity index (χ1n) is 7.83. The van der Waals surface area contributed by atoms with Gasteiger partial charge in [-0.25, -0.2) is 4.39 Å². The van der Waals surface area contributed by atoms with Gasteiger partial charge in [-0.15, -0.1) is 0 Å². The van der Waals surface area contributed by atoms with Gasteiger partial charge in [0, 0.05) is 25.7 Å². The summed E-state index contributed by atoms with van der Waals surface area (Å²) in [6, 6.07) is 5.49. The molecule has 0 bridgehead atoms. The van der Waals surface area contributed by atoms with Crippen LogP contribution in [0.5, 0.6) is 11.5 Å². The van der Waals surface area contributed by atoms with Crippen LogP contribution in [-0.2, 0) is 5.60 Å². The molecule has 0 radical (unpaired) electrons. The average Bonchev–Trinajstić information content (AvgIpc) is 2.56. The number of halogens is 1. The monoisotopic (exact) mass is 311 g/mol. The van der Waals surface area contributed by atoms with Gasteiger partial charge in [-0.2, -0.15) is 0 Å². The van der Waals surface area contributed by atoms with E-state index in [9.17, 15) is 9.50 Å². The molecular formula is C17H26FNO3. The van der Waals surface area contributed by atoms with E-state index in [1.54, 1.807) is 20.3 Å². The molecule has 1 aliphatic rings. The van der Waals surface area contributed by atoms with Crippen LogP contribution >= 0.6 is 0 Å². The van der Waals surface area contributed by atoms with Gasteiger partial charge in [0.05, 0.1) is 19.8 Å². The molecule has 1 aromatic rings. The SMILES string of the molecule is CC[C@H](F)CN1CCC(O)(c2cc(OC)cc(OC)c2)CC1. The Hall–Kier alpha value is -1.33. The van der Waals surface area contributed by atoms with Crippen molar-refractivity contribution in [2.75, 3.05) is 33.9 Å². The molecule has 2 rings (SSSR count). The molecule has 4 nitrogen and oxygen atoms in total. The lowest BCUT2D eigenvalue weighted by molar-refractivity contribution is -0.0303. The standard InChI is InChI=1S/C17H26FNO3/c1-4-14(18)12-19-7-5-17(20,6-8-19)13-9-15(21-2)11-16(10-13)22-3/h9-11,14,20H,4-8,12H2,1-3H3/t14-/m0/s1. The number of hydrogen-bond donors (Lipinski definition) is 1. The van der Waals surface area contributed by atoms with Crippen molar-refractivity contribution in [3.63, 3.8) is 0 Å². The number of ether oxygens (including phenoxy) is 2. The molecular weight excluding hydrogens is 285 g/mol. The second-order valence-electron chi connectivity index (χ2n) is 5.94. The molecule has 1 aliphatic heterocycles. The Morgan fingerprint density at radius 3 is 2.18 bits per heavy atom. The van der Waals surface area contributed by atoms with Crippen molar-refractivity contribution in [3.05, 3.63) is 23.8 Å². The van der Waals surface area contributed by atoms with Gasteiger partial charge in [0.2, 0.25) is 0 Å². The normalized spacial score (nSPS) is 19.7. The topological polar surface area (TPSA) is 41.9 Å². The summed E-state index contributed by atoms with van der Waals surface area (Å²) < 4.78 is 24.0. The maximum absolute atomic E-state index is 13.5. The Labute approximate surface area is 131 Å². The first kappa shape index (κ1) is 17.0. The molecule has 0 unspecified atom stereocenters. The van der Waals surface area contributed by atoms with Crippen LogP contribution < -0.4 is 9.47 Å². The minimum absolute atomic E-state index is 0.452. The average molecular weight is 311 g/mol. The zero-order valence-corrected chi connectivity index (χ0v) is 13.6. The lowest BCUT2D eigenvalue weighted by Gasteiger charge is -2.39. The maximum Gasteiger partial charge on any atom is 0.122 e. The first-order valence-corrected chi connectivity index (χ1v) is 7.83. The molecule has 0 aliphatic carbocycles. The highest BCUT2D eigenvalue weighted by atomic mass is 19.1. The lowest BCUT2D eigenvalue weighted by atomic mass is 9.84. The summed E-state index contributed by atoms with van der Waals surface area (Å²) in [5, 5.41) is 11.0. The third-order valence-electron chi connectivity index (χ3n) is 4.47. The molecule has 5 heteroatoms. The predicted molar refractivity (Wildman–Crippen MR) is 84.3 cm³/mol. The molecule has 1 heterocycles. The number of rotatable bonds is 6. The summed E-state index contributed by atoms with van der Waals surface area (Å²) in [7, 11) is 3.19. The fraction of sp³-hybridized carbons (Fsp3) is 0.647. The Morgan fingerprint density at radius 2 is 1.73 bits per heavy atom.